The molecule has 0 bridgehead atoms. The molecule has 1 aromatic heterocycles. The highest BCUT2D eigenvalue weighted by Crippen LogP contribution is 2.35. The van der Waals surface area contributed by atoms with E-state index in [4.69, 9.17) is 0 Å². The number of anilines is 1. The van der Waals surface area contributed by atoms with E-state index in [-0.39, 0.29) is 0 Å². The first kappa shape index (κ1) is 11.9. The molecule has 0 aromatic carbocycles. The molecule has 0 amide bonds. The summed E-state index contributed by atoms with van der Waals surface area (Å²) in [6.07, 6.45) is 4.49. The van der Waals surface area contributed by atoms with Crippen LogP contribution in [0.15, 0.2) is 18.3 Å². The van der Waals surface area contributed by atoms with Gasteiger partial charge in [-0.2, -0.15) is 0 Å². The fraction of sp³-hybridized carbons (Fsp3) is 0.643. The largest absolute Gasteiger partial charge is 0.354 e. The number of piperazine rings is 1. The monoisotopic (exact) mass is 246 g/mol. The van der Waals surface area contributed by atoms with Crippen LogP contribution >= 0.6 is 0 Å². The van der Waals surface area contributed by atoms with Gasteiger partial charge >= 0.3 is 0 Å². The Bertz CT molecular complexity index is 401. The van der Waals surface area contributed by atoms with Crippen LogP contribution in [0.4, 0.5) is 5.82 Å². The van der Waals surface area contributed by atoms with E-state index in [0.29, 0.717) is 6.04 Å². The molecular formula is C14H22N4. The van der Waals surface area contributed by atoms with Crippen molar-refractivity contribution >= 4 is 5.82 Å². The smallest absolute Gasteiger partial charge is 0.133 e. The Balaban J connectivity index is 1.89. The van der Waals surface area contributed by atoms with Crippen molar-refractivity contribution in [3.8, 4) is 0 Å². The maximum absolute atomic E-state index is 4.65. The number of pyridine rings is 1. The molecule has 0 unspecified atom stereocenters. The van der Waals surface area contributed by atoms with Crippen molar-refractivity contribution < 1.29 is 0 Å². The number of nitrogens with zero attached hydrogens (tertiary/aromatic N) is 3. The lowest BCUT2D eigenvalue weighted by Gasteiger charge is -2.32. The van der Waals surface area contributed by atoms with Crippen molar-refractivity contribution in [2.24, 2.45) is 0 Å². The van der Waals surface area contributed by atoms with E-state index < -0.39 is 0 Å². The van der Waals surface area contributed by atoms with Gasteiger partial charge in [0.1, 0.15) is 5.82 Å². The van der Waals surface area contributed by atoms with Gasteiger partial charge in [-0.15, -0.1) is 0 Å². The lowest BCUT2D eigenvalue weighted by atomic mass is 10.0. The predicted octanol–water partition coefficient (Wildman–Crippen LogP) is 1.26. The highest BCUT2D eigenvalue weighted by molar-refractivity contribution is 5.49. The SMILES string of the molecule is CN1CCC[C@@H]1c1cccnc1N1CCNCC1. The Morgan fingerprint density at radius 2 is 2.11 bits per heavy atom. The van der Waals surface area contributed by atoms with Gasteiger partial charge in [0, 0.05) is 44.0 Å². The van der Waals surface area contributed by atoms with Crippen molar-refractivity contribution in [3.63, 3.8) is 0 Å². The third kappa shape index (κ3) is 2.22. The third-order valence-corrected chi connectivity index (χ3v) is 4.11. The number of rotatable bonds is 2. The zero-order valence-corrected chi connectivity index (χ0v) is 11.1. The van der Waals surface area contributed by atoms with Crippen molar-refractivity contribution in [1.29, 1.82) is 0 Å². The molecule has 3 heterocycles. The van der Waals surface area contributed by atoms with E-state index in [1.807, 2.05) is 6.20 Å². The van der Waals surface area contributed by atoms with Gasteiger partial charge in [0.25, 0.3) is 0 Å². The molecule has 1 aromatic rings. The zero-order chi connectivity index (χ0) is 12.4. The number of hydrogen-bond acceptors (Lipinski definition) is 4. The second-order valence-corrected chi connectivity index (χ2v) is 5.29. The van der Waals surface area contributed by atoms with Crippen LogP contribution in [0.25, 0.3) is 0 Å². The minimum Gasteiger partial charge on any atom is -0.354 e. The van der Waals surface area contributed by atoms with Crippen LogP contribution in [0.1, 0.15) is 24.4 Å². The minimum atomic E-state index is 0.559. The maximum atomic E-state index is 4.65. The van der Waals surface area contributed by atoms with Crippen LogP contribution in [0, 0.1) is 0 Å². The molecule has 0 spiro atoms. The Hall–Kier alpha value is -1.13. The van der Waals surface area contributed by atoms with Crippen LogP contribution in [-0.2, 0) is 0 Å². The van der Waals surface area contributed by atoms with Crippen LogP contribution < -0.4 is 10.2 Å². The number of hydrogen-bond donors (Lipinski definition) is 1. The number of likely N-dealkylation sites (tertiary alicyclic amines) is 1. The molecule has 0 aliphatic carbocycles. The molecular weight excluding hydrogens is 224 g/mol. The Morgan fingerprint density at radius 1 is 1.28 bits per heavy atom. The van der Waals surface area contributed by atoms with Gasteiger partial charge in [-0.3, -0.25) is 4.90 Å². The molecule has 4 nitrogen and oxygen atoms in total. The Labute approximate surface area is 109 Å². The van der Waals surface area contributed by atoms with E-state index in [2.05, 4.69) is 39.3 Å². The molecule has 2 aliphatic rings. The zero-order valence-electron chi connectivity index (χ0n) is 11.1. The summed E-state index contributed by atoms with van der Waals surface area (Å²) in [5, 5.41) is 3.40. The van der Waals surface area contributed by atoms with Crippen LogP contribution in [0.5, 0.6) is 0 Å². The molecule has 18 heavy (non-hydrogen) atoms. The topological polar surface area (TPSA) is 31.4 Å². The summed E-state index contributed by atoms with van der Waals surface area (Å²) < 4.78 is 0. The van der Waals surface area contributed by atoms with Crippen molar-refractivity contribution in [2.45, 2.75) is 18.9 Å². The molecule has 1 N–H and O–H groups in total. The lowest BCUT2D eigenvalue weighted by molar-refractivity contribution is 0.317. The Morgan fingerprint density at radius 3 is 2.83 bits per heavy atom. The summed E-state index contributed by atoms with van der Waals surface area (Å²) in [5.74, 6) is 1.21. The molecule has 4 heteroatoms. The molecule has 0 radical (unpaired) electrons. The van der Waals surface area contributed by atoms with Crippen molar-refractivity contribution in [3.05, 3.63) is 23.9 Å². The van der Waals surface area contributed by atoms with Gasteiger partial charge in [-0.25, -0.2) is 4.98 Å². The molecule has 2 aliphatic heterocycles. The van der Waals surface area contributed by atoms with Crippen LogP contribution in [-0.4, -0.2) is 49.7 Å². The van der Waals surface area contributed by atoms with Gasteiger partial charge < -0.3 is 10.2 Å². The van der Waals surface area contributed by atoms with Crippen molar-refractivity contribution in [1.82, 2.24) is 15.2 Å². The highest BCUT2D eigenvalue weighted by atomic mass is 15.2. The van der Waals surface area contributed by atoms with E-state index in [9.17, 15) is 0 Å². The average molecular weight is 246 g/mol. The summed E-state index contributed by atoms with van der Waals surface area (Å²) in [5.41, 5.74) is 1.42. The van der Waals surface area contributed by atoms with Gasteiger partial charge in [0.05, 0.1) is 0 Å². The second-order valence-electron chi connectivity index (χ2n) is 5.29. The minimum absolute atomic E-state index is 0.559. The third-order valence-electron chi connectivity index (χ3n) is 4.11. The number of nitrogens with one attached hydrogen (secondary N) is 1. The predicted molar refractivity (Wildman–Crippen MR) is 73.9 cm³/mol. The summed E-state index contributed by atoms with van der Waals surface area (Å²) in [4.78, 5) is 9.54. The van der Waals surface area contributed by atoms with Crippen LogP contribution in [0.3, 0.4) is 0 Å². The summed E-state index contributed by atoms with van der Waals surface area (Å²) in [6, 6.07) is 4.90. The van der Waals surface area contributed by atoms with E-state index >= 15 is 0 Å². The highest BCUT2D eigenvalue weighted by Gasteiger charge is 2.27. The lowest BCUT2D eigenvalue weighted by Crippen LogP contribution is -2.44. The van der Waals surface area contributed by atoms with Gasteiger partial charge in [-0.1, -0.05) is 6.07 Å². The van der Waals surface area contributed by atoms with E-state index in [0.717, 1.165) is 26.2 Å². The average Bonchev–Trinajstić information content (AvgIpc) is 2.86. The normalized spacial score (nSPS) is 25.6. The standard InChI is InChI=1S/C14H22N4/c1-17-9-3-5-13(17)12-4-2-6-16-14(12)18-10-7-15-8-11-18/h2,4,6,13,15H,3,5,7-11H2,1H3/t13-/m1/s1. The first-order valence-corrected chi connectivity index (χ1v) is 6.97. The first-order valence-electron chi connectivity index (χ1n) is 6.97. The molecule has 0 saturated carbocycles. The molecule has 98 valence electrons. The van der Waals surface area contributed by atoms with Gasteiger partial charge in [0.15, 0.2) is 0 Å². The molecule has 2 fully saturated rings. The van der Waals surface area contributed by atoms with Gasteiger partial charge in [0.2, 0.25) is 0 Å². The summed E-state index contributed by atoms with van der Waals surface area (Å²) in [6.45, 7) is 5.48. The molecule has 2 saturated heterocycles. The molecule has 3 rings (SSSR count). The van der Waals surface area contributed by atoms with Gasteiger partial charge in [-0.05, 0) is 32.5 Å². The van der Waals surface area contributed by atoms with E-state index in [1.165, 1.54) is 30.8 Å². The second kappa shape index (κ2) is 5.24. The number of aromatic nitrogens is 1. The van der Waals surface area contributed by atoms with Crippen molar-refractivity contribution in [2.75, 3.05) is 44.7 Å². The fourth-order valence-electron chi connectivity index (χ4n) is 3.11. The molecule has 1 atom stereocenters. The summed E-state index contributed by atoms with van der Waals surface area (Å²) in [7, 11) is 2.23. The quantitative estimate of drug-likeness (QED) is 0.851. The Kier molecular flexibility index (Phi) is 3.48. The first-order chi connectivity index (χ1) is 8.86. The summed E-state index contributed by atoms with van der Waals surface area (Å²) >= 11 is 0. The van der Waals surface area contributed by atoms with Crippen LogP contribution in [0.2, 0.25) is 0 Å². The van der Waals surface area contributed by atoms with E-state index in [1.54, 1.807) is 0 Å². The fourth-order valence-corrected chi connectivity index (χ4v) is 3.11. The maximum Gasteiger partial charge on any atom is 0.133 e.